The van der Waals surface area contributed by atoms with Gasteiger partial charge in [0.2, 0.25) is 0 Å². The Labute approximate surface area is 124 Å². The number of esters is 1. The van der Waals surface area contributed by atoms with Gasteiger partial charge in [-0.3, -0.25) is 0 Å². The van der Waals surface area contributed by atoms with E-state index in [0.29, 0.717) is 12.8 Å². The largest absolute Gasteiger partial charge is 0.459 e. The van der Waals surface area contributed by atoms with E-state index in [-0.39, 0.29) is 18.5 Å². The molecule has 4 heteroatoms. The highest BCUT2D eigenvalue weighted by Gasteiger charge is 2.20. The first-order valence-electron chi connectivity index (χ1n) is 7.10. The predicted octanol–water partition coefficient (Wildman–Crippen LogP) is 2.07. The number of hydrogen-bond acceptors (Lipinski definition) is 4. The van der Waals surface area contributed by atoms with Gasteiger partial charge in [0.1, 0.15) is 6.10 Å². The van der Waals surface area contributed by atoms with Gasteiger partial charge in [0, 0.05) is 25.3 Å². The molecule has 1 heterocycles. The maximum atomic E-state index is 11.1. The number of carbonyl (C=O) groups excluding carboxylic acids is 1. The lowest BCUT2D eigenvalue weighted by Crippen LogP contribution is -2.27. The van der Waals surface area contributed by atoms with Gasteiger partial charge in [-0.25, -0.2) is 4.79 Å². The summed E-state index contributed by atoms with van der Waals surface area (Å²) in [6.07, 6.45) is 6.05. The number of aliphatic hydroxyl groups excluding tert-OH is 2. The van der Waals surface area contributed by atoms with Crippen molar-refractivity contribution in [3.05, 3.63) is 54.1 Å². The second-order valence-corrected chi connectivity index (χ2v) is 5.16. The Morgan fingerprint density at radius 1 is 1.29 bits per heavy atom. The molecular weight excluding hydrogens is 268 g/mol. The average molecular weight is 288 g/mol. The molecule has 0 saturated carbocycles. The van der Waals surface area contributed by atoms with Crippen LogP contribution in [-0.2, 0) is 9.53 Å². The normalized spacial score (nSPS) is 21.2. The van der Waals surface area contributed by atoms with Crippen LogP contribution in [0.2, 0.25) is 0 Å². The van der Waals surface area contributed by atoms with Crippen molar-refractivity contribution in [2.24, 2.45) is 0 Å². The summed E-state index contributed by atoms with van der Waals surface area (Å²) in [7, 11) is 0. The van der Waals surface area contributed by atoms with Gasteiger partial charge >= 0.3 is 5.97 Å². The zero-order valence-electron chi connectivity index (χ0n) is 11.8. The minimum absolute atomic E-state index is 0.223. The Balaban J connectivity index is 1.77. The van der Waals surface area contributed by atoms with Gasteiger partial charge in [-0.15, -0.1) is 0 Å². The smallest absolute Gasteiger partial charge is 0.330 e. The number of cyclic esters (lactones) is 1. The fourth-order valence-corrected chi connectivity index (χ4v) is 2.26. The number of hydrogen-bond donors (Lipinski definition) is 2. The number of benzene rings is 1. The standard InChI is InChI=1S/C17H20O4/c18-14(10-9-13-5-2-1-3-6-13)11-15(19)12-16-7-4-8-17(20)21-16/h1-6,8-10,14-16,18-19H,7,11-12H2/b10-9-/t14-,15+,16-/m0/s1. The van der Waals surface area contributed by atoms with Crippen LogP contribution in [0, 0.1) is 0 Å². The molecule has 112 valence electrons. The summed E-state index contributed by atoms with van der Waals surface area (Å²) in [6, 6.07) is 9.65. The van der Waals surface area contributed by atoms with Crippen molar-refractivity contribution < 1.29 is 19.7 Å². The van der Waals surface area contributed by atoms with Crippen molar-refractivity contribution in [2.45, 2.75) is 37.6 Å². The number of aliphatic hydroxyl groups is 2. The number of ether oxygens (including phenoxy) is 1. The quantitative estimate of drug-likeness (QED) is 0.786. The predicted molar refractivity (Wildman–Crippen MR) is 80.4 cm³/mol. The maximum absolute atomic E-state index is 11.1. The Morgan fingerprint density at radius 2 is 2.05 bits per heavy atom. The Hall–Kier alpha value is -1.91. The van der Waals surface area contributed by atoms with E-state index in [0.717, 1.165) is 5.56 Å². The van der Waals surface area contributed by atoms with Crippen molar-refractivity contribution in [3.8, 4) is 0 Å². The molecule has 0 saturated heterocycles. The maximum Gasteiger partial charge on any atom is 0.330 e. The number of carbonyl (C=O) groups is 1. The van der Waals surface area contributed by atoms with Crippen LogP contribution in [0.25, 0.3) is 6.08 Å². The summed E-state index contributed by atoms with van der Waals surface area (Å²) in [4.78, 5) is 11.1. The lowest BCUT2D eigenvalue weighted by molar-refractivity contribution is -0.145. The van der Waals surface area contributed by atoms with Crippen LogP contribution in [0.4, 0.5) is 0 Å². The van der Waals surface area contributed by atoms with Crippen LogP contribution in [0.5, 0.6) is 0 Å². The second-order valence-electron chi connectivity index (χ2n) is 5.16. The monoisotopic (exact) mass is 288 g/mol. The number of rotatable bonds is 6. The molecule has 0 bridgehead atoms. The molecule has 4 nitrogen and oxygen atoms in total. The molecule has 1 aromatic carbocycles. The zero-order valence-corrected chi connectivity index (χ0v) is 11.8. The molecule has 21 heavy (non-hydrogen) atoms. The lowest BCUT2D eigenvalue weighted by Gasteiger charge is -2.22. The Morgan fingerprint density at radius 3 is 2.76 bits per heavy atom. The summed E-state index contributed by atoms with van der Waals surface area (Å²) in [5, 5.41) is 19.8. The first-order valence-corrected chi connectivity index (χ1v) is 7.10. The van der Waals surface area contributed by atoms with Gasteiger partial charge in [0.05, 0.1) is 12.2 Å². The topological polar surface area (TPSA) is 66.8 Å². The second kappa shape index (κ2) is 7.76. The molecule has 0 spiro atoms. The van der Waals surface area contributed by atoms with Crippen LogP contribution in [0.3, 0.4) is 0 Å². The van der Waals surface area contributed by atoms with Crippen molar-refractivity contribution in [1.82, 2.24) is 0 Å². The van der Waals surface area contributed by atoms with Crippen LogP contribution in [-0.4, -0.2) is 34.5 Å². The molecule has 0 fully saturated rings. The molecule has 0 unspecified atom stereocenters. The van der Waals surface area contributed by atoms with Crippen molar-refractivity contribution >= 4 is 12.0 Å². The molecular formula is C17H20O4. The third kappa shape index (κ3) is 5.53. The molecule has 0 aromatic heterocycles. The first kappa shape index (κ1) is 15.5. The van der Waals surface area contributed by atoms with Gasteiger partial charge in [0.15, 0.2) is 0 Å². The van der Waals surface area contributed by atoms with Gasteiger partial charge in [0.25, 0.3) is 0 Å². The summed E-state index contributed by atoms with van der Waals surface area (Å²) >= 11 is 0. The van der Waals surface area contributed by atoms with Gasteiger partial charge in [-0.2, -0.15) is 0 Å². The zero-order chi connectivity index (χ0) is 15.1. The van der Waals surface area contributed by atoms with E-state index in [1.807, 2.05) is 36.4 Å². The molecule has 3 atom stereocenters. The molecule has 2 N–H and O–H groups in total. The molecule has 1 aliphatic rings. The lowest BCUT2D eigenvalue weighted by atomic mass is 10.0. The Bertz CT molecular complexity index is 507. The van der Waals surface area contributed by atoms with E-state index >= 15 is 0 Å². The van der Waals surface area contributed by atoms with Gasteiger partial charge in [-0.1, -0.05) is 48.6 Å². The summed E-state index contributed by atoms with van der Waals surface area (Å²) < 4.78 is 5.08. The highest BCUT2D eigenvalue weighted by Crippen LogP contribution is 2.16. The van der Waals surface area contributed by atoms with E-state index in [2.05, 4.69) is 0 Å². The fraction of sp³-hybridized carbons (Fsp3) is 0.353. The van der Waals surface area contributed by atoms with Crippen molar-refractivity contribution in [2.75, 3.05) is 0 Å². The summed E-state index contributed by atoms with van der Waals surface area (Å²) in [6.45, 7) is 0. The molecule has 0 amide bonds. The molecule has 0 radical (unpaired) electrons. The third-order valence-corrected chi connectivity index (χ3v) is 3.29. The first-order chi connectivity index (χ1) is 10.1. The van der Waals surface area contributed by atoms with Crippen molar-refractivity contribution in [1.29, 1.82) is 0 Å². The molecule has 2 rings (SSSR count). The highest BCUT2D eigenvalue weighted by atomic mass is 16.5. The minimum Gasteiger partial charge on any atom is -0.459 e. The van der Waals surface area contributed by atoms with Crippen molar-refractivity contribution in [3.63, 3.8) is 0 Å². The van der Waals surface area contributed by atoms with Crippen LogP contribution in [0.15, 0.2) is 48.6 Å². The van der Waals surface area contributed by atoms with Crippen LogP contribution < -0.4 is 0 Å². The average Bonchev–Trinajstić information content (AvgIpc) is 2.46. The SMILES string of the molecule is O=C1C=CC[C@@H](C[C@H](O)C[C@@H](O)/C=C\c2ccccc2)O1. The van der Waals surface area contributed by atoms with Gasteiger partial charge in [-0.05, 0) is 5.56 Å². The fourth-order valence-electron chi connectivity index (χ4n) is 2.26. The summed E-state index contributed by atoms with van der Waals surface area (Å²) in [5.41, 5.74) is 0.998. The molecule has 1 aromatic rings. The van der Waals surface area contributed by atoms with E-state index in [9.17, 15) is 15.0 Å². The van der Waals surface area contributed by atoms with Crippen LogP contribution >= 0.6 is 0 Å². The van der Waals surface area contributed by atoms with E-state index in [1.165, 1.54) is 6.08 Å². The van der Waals surface area contributed by atoms with E-state index < -0.39 is 12.2 Å². The minimum atomic E-state index is -0.727. The Kier molecular flexibility index (Phi) is 5.72. The van der Waals surface area contributed by atoms with E-state index in [1.54, 1.807) is 12.2 Å². The molecule has 1 aliphatic heterocycles. The molecule has 0 aliphatic carbocycles. The highest BCUT2D eigenvalue weighted by molar-refractivity contribution is 5.82. The van der Waals surface area contributed by atoms with Crippen LogP contribution in [0.1, 0.15) is 24.8 Å². The summed E-state index contributed by atoms with van der Waals surface area (Å²) in [5.74, 6) is -0.372. The third-order valence-electron chi connectivity index (χ3n) is 3.29. The van der Waals surface area contributed by atoms with E-state index in [4.69, 9.17) is 4.74 Å². The van der Waals surface area contributed by atoms with Gasteiger partial charge < -0.3 is 14.9 Å².